The summed E-state index contributed by atoms with van der Waals surface area (Å²) in [6, 6.07) is 5.53. The fourth-order valence-corrected chi connectivity index (χ4v) is 1.13. The van der Waals surface area contributed by atoms with Crippen LogP contribution >= 0.6 is 22.6 Å². The molecule has 0 fully saturated rings. The van der Waals surface area contributed by atoms with Gasteiger partial charge in [0.25, 0.3) is 0 Å². The maximum Gasteiger partial charge on any atom is 0.0497 e. The number of nitrogen functional groups attached to an aromatic ring is 2. The number of rotatable bonds is 1. The summed E-state index contributed by atoms with van der Waals surface area (Å²) >= 11 is 2.15. The van der Waals surface area contributed by atoms with E-state index in [1.807, 2.05) is 18.2 Å². The molecule has 3 nitrogen and oxygen atoms in total. The highest BCUT2D eigenvalue weighted by Crippen LogP contribution is 2.18. The molecule has 5 N–H and O–H groups in total. The molecule has 0 bridgehead atoms. The zero-order valence-corrected chi connectivity index (χ0v) is 7.42. The average molecular weight is 249 g/mol. The minimum atomic E-state index is 0.777. The Balaban J connectivity index is 3.04. The van der Waals surface area contributed by atoms with E-state index in [1.165, 1.54) is 0 Å². The van der Waals surface area contributed by atoms with E-state index in [9.17, 15) is 0 Å². The first kappa shape index (κ1) is 7.62. The van der Waals surface area contributed by atoms with Crippen molar-refractivity contribution in [2.75, 3.05) is 11.2 Å². The second-order valence-electron chi connectivity index (χ2n) is 1.88. The van der Waals surface area contributed by atoms with Crippen molar-refractivity contribution in [3.63, 3.8) is 0 Å². The third kappa shape index (κ3) is 1.51. The minimum absolute atomic E-state index is 0.777. The van der Waals surface area contributed by atoms with Crippen LogP contribution in [0.5, 0.6) is 0 Å². The number of nitrogens with one attached hydrogen (secondary N) is 1. The number of hydrogen-bond acceptors (Lipinski definition) is 3. The van der Waals surface area contributed by atoms with Gasteiger partial charge in [-0.1, -0.05) is 0 Å². The first-order valence-electron chi connectivity index (χ1n) is 2.75. The van der Waals surface area contributed by atoms with E-state index in [4.69, 9.17) is 11.6 Å². The fraction of sp³-hybridized carbons (Fsp3) is 0. The van der Waals surface area contributed by atoms with E-state index >= 15 is 0 Å². The van der Waals surface area contributed by atoms with Gasteiger partial charge in [-0.05, 0) is 40.8 Å². The molecule has 54 valence electrons. The molecular formula is C6H8IN3. The van der Waals surface area contributed by atoms with Crippen LogP contribution in [-0.4, -0.2) is 0 Å². The number of nitrogens with two attached hydrogens (primary N) is 2. The Morgan fingerprint density at radius 2 is 2.10 bits per heavy atom. The Bertz CT molecular complexity index is 236. The van der Waals surface area contributed by atoms with Gasteiger partial charge in [0.15, 0.2) is 0 Å². The van der Waals surface area contributed by atoms with Gasteiger partial charge in [0.05, 0.1) is 0 Å². The largest absolute Gasteiger partial charge is 0.398 e. The lowest BCUT2D eigenvalue weighted by Crippen LogP contribution is -2.06. The van der Waals surface area contributed by atoms with Crippen LogP contribution in [0.1, 0.15) is 0 Å². The van der Waals surface area contributed by atoms with Gasteiger partial charge in [-0.25, -0.2) is 0 Å². The van der Waals surface area contributed by atoms with E-state index in [-0.39, 0.29) is 0 Å². The van der Waals surface area contributed by atoms with E-state index in [0.29, 0.717) is 0 Å². The lowest BCUT2D eigenvalue weighted by molar-refractivity contribution is 1.35. The Morgan fingerprint density at radius 3 is 2.60 bits per heavy atom. The molecular weight excluding hydrogens is 241 g/mol. The lowest BCUT2D eigenvalue weighted by Gasteiger charge is -2.01. The topological polar surface area (TPSA) is 64.1 Å². The average Bonchev–Trinajstić information content (AvgIpc) is 1.95. The number of hydrazine groups is 1. The summed E-state index contributed by atoms with van der Waals surface area (Å²) in [7, 11) is 0. The van der Waals surface area contributed by atoms with Crippen LogP contribution in [0.25, 0.3) is 0 Å². The van der Waals surface area contributed by atoms with Crippen molar-refractivity contribution in [3.05, 3.63) is 21.8 Å². The van der Waals surface area contributed by atoms with Gasteiger partial charge in [0.2, 0.25) is 0 Å². The standard InChI is InChI=1S/C6H8IN3/c7-5-3-4(10-9)1-2-6(5)8/h1-3,10H,8-9H2. The predicted octanol–water partition coefficient (Wildman–Crippen LogP) is 1.16. The highest BCUT2D eigenvalue weighted by molar-refractivity contribution is 14.1. The maximum absolute atomic E-state index is 5.57. The molecule has 0 saturated carbocycles. The lowest BCUT2D eigenvalue weighted by atomic mass is 10.3. The quantitative estimate of drug-likeness (QED) is 0.303. The van der Waals surface area contributed by atoms with Gasteiger partial charge in [0, 0.05) is 14.9 Å². The fourth-order valence-electron chi connectivity index (χ4n) is 0.617. The van der Waals surface area contributed by atoms with Crippen molar-refractivity contribution in [2.24, 2.45) is 5.84 Å². The summed E-state index contributed by atoms with van der Waals surface area (Å²) < 4.78 is 1.01. The van der Waals surface area contributed by atoms with Gasteiger partial charge in [0.1, 0.15) is 0 Å². The van der Waals surface area contributed by atoms with Crippen molar-refractivity contribution in [1.29, 1.82) is 0 Å². The van der Waals surface area contributed by atoms with E-state index in [1.54, 1.807) is 0 Å². The monoisotopic (exact) mass is 249 g/mol. The van der Waals surface area contributed by atoms with E-state index in [2.05, 4.69) is 28.0 Å². The predicted molar refractivity (Wildman–Crippen MR) is 51.4 cm³/mol. The number of hydrogen-bond donors (Lipinski definition) is 3. The Kier molecular flexibility index (Phi) is 2.34. The molecule has 4 heteroatoms. The number of benzene rings is 1. The molecule has 1 rings (SSSR count). The van der Waals surface area contributed by atoms with Crippen molar-refractivity contribution >= 4 is 34.0 Å². The molecule has 0 spiro atoms. The zero-order chi connectivity index (χ0) is 7.56. The second-order valence-corrected chi connectivity index (χ2v) is 3.04. The van der Waals surface area contributed by atoms with Crippen molar-refractivity contribution in [3.8, 4) is 0 Å². The first-order valence-corrected chi connectivity index (χ1v) is 3.83. The molecule has 1 aromatic carbocycles. The Hall–Kier alpha value is -0.490. The van der Waals surface area contributed by atoms with Crippen molar-refractivity contribution < 1.29 is 0 Å². The molecule has 0 heterocycles. The smallest absolute Gasteiger partial charge is 0.0497 e. The number of halogens is 1. The molecule has 0 saturated heterocycles. The van der Waals surface area contributed by atoms with Gasteiger partial charge in [-0.2, -0.15) is 0 Å². The molecule has 0 aromatic heterocycles. The second kappa shape index (κ2) is 3.07. The van der Waals surface area contributed by atoms with Gasteiger partial charge in [-0.15, -0.1) is 0 Å². The minimum Gasteiger partial charge on any atom is -0.398 e. The van der Waals surface area contributed by atoms with Gasteiger partial charge in [-0.3, -0.25) is 5.84 Å². The zero-order valence-electron chi connectivity index (χ0n) is 5.26. The number of anilines is 2. The Labute approximate surface area is 72.9 Å². The van der Waals surface area contributed by atoms with Crippen LogP contribution in [0, 0.1) is 3.57 Å². The third-order valence-electron chi connectivity index (χ3n) is 1.17. The van der Waals surface area contributed by atoms with Crippen LogP contribution in [0.15, 0.2) is 18.2 Å². The molecule has 1 aromatic rings. The van der Waals surface area contributed by atoms with Crippen LogP contribution in [0.4, 0.5) is 11.4 Å². The van der Waals surface area contributed by atoms with Crippen molar-refractivity contribution in [2.45, 2.75) is 0 Å². The van der Waals surface area contributed by atoms with Gasteiger partial charge < -0.3 is 11.2 Å². The molecule has 0 aliphatic carbocycles. The van der Waals surface area contributed by atoms with E-state index in [0.717, 1.165) is 14.9 Å². The molecule has 0 aliphatic rings. The van der Waals surface area contributed by atoms with Crippen molar-refractivity contribution in [1.82, 2.24) is 0 Å². The normalized spacial score (nSPS) is 9.40. The SMILES string of the molecule is NNc1ccc(N)c(I)c1. The summed E-state index contributed by atoms with van der Waals surface area (Å²) in [4.78, 5) is 0. The third-order valence-corrected chi connectivity index (χ3v) is 2.10. The molecule has 0 unspecified atom stereocenters. The summed E-state index contributed by atoms with van der Waals surface area (Å²) in [5.74, 6) is 5.17. The highest BCUT2D eigenvalue weighted by Gasteiger charge is 1.94. The van der Waals surface area contributed by atoms with Gasteiger partial charge >= 0.3 is 0 Å². The molecule has 10 heavy (non-hydrogen) atoms. The first-order chi connectivity index (χ1) is 4.74. The molecule has 0 atom stereocenters. The van der Waals surface area contributed by atoms with E-state index < -0.39 is 0 Å². The van der Waals surface area contributed by atoms with Crippen LogP contribution < -0.4 is 17.0 Å². The summed E-state index contributed by atoms with van der Waals surface area (Å²) in [5, 5.41) is 0. The summed E-state index contributed by atoms with van der Waals surface area (Å²) in [6.07, 6.45) is 0. The maximum atomic E-state index is 5.57. The molecule has 0 amide bonds. The van der Waals surface area contributed by atoms with Crippen LogP contribution in [0.3, 0.4) is 0 Å². The Morgan fingerprint density at radius 1 is 1.40 bits per heavy atom. The summed E-state index contributed by atoms with van der Waals surface area (Å²) in [5.41, 5.74) is 9.75. The van der Waals surface area contributed by atoms with Crippen LogP contribution in [-0.2, 0) is 0 Å². The van der Waals surface area contributed by atoms with Crippen LogP contribution in [0.2, 0.25) is 0 Å². The summed E-state index contributed by atoms with van der Waals surface area (Å²) in [6.45, 7) is 0. The molecule has 0 radical (unpaired) electrons. The highest BCUT2D eigenvalue weighted by atomic mass is 127. The molecule has 0 aliphatic heterocycles.